The van der Waals surface area contributed by atoms with Crippen molar-refractivity contribution in [1.82, 2.24) is 15.1 Å². The van der Waals surface area contributed by atoms with Gasteiger partial charge in [0.05, 0.1) is 11.3 Å². The standard InChI is InChI=1S/C34H45ClN4O3/c1-23(2)37-33(40)39(20-24-9-12-26(35)13-10-24)27-15-18-38(21-27)17-6-8-28-29-7-5-16-36-31(29)22-42-32-14-11-25(19-30(28)32)34(3,4)41/h8-9,11-12,14,16,19,23,27,41H,5-7,10,13,15,17-18,20-22H2,1-4H3,(H,37,40)/b28-8+/t27-/m0/s1. The van der Waals surface area contributed by atoms with Gasteiger partial charge in [0.1, 0.15) is 12.4 Å². The van der Waals surface area contributed by atoms with Crippen LogP contribution in [0.3, 0.4) is 0 Å². The quantitative estimate of drug-likeness (QED) is 0.359. The zero-order valence-corrected chi connectivity index (χ0v) is 26.2. The molecule has 226 valence electrons. The van der Waals surface area contributed by atoms with E-state index in [1.165, 1.54) is 16.7 Å². The monoisotopic (exact) mass is 592 g/mol. The number of carbonyl (C=O) groups excluding carboxylic acids is 1. The largest absolute Gasteiger partial charge is 0.487 e. The topological polar surface area (TPSA) is 77.4 Å². The molecule has 1 aromatic rings. The van der Waals surface area contributed by atoms with E-state index in [4.69, 9.17) is 16.3 Å². The van der Waals surface area contributed by atoms with E-state index in [0.29, 0.717) is 13.2 Å². The first-order chi connectivity index (χ1) is 20.1. The molecule has 0 spiro atoms. The van der Waals surface area contributed by atoms with Crippen molar-refractivity contribution in [2.75, 3.05) is 32.8 Å². The van der Waals surface area contributed by atoms with Gasteiger partial charge in [-0.05, 0) is 101 Å². The number of hydrogen-bond donors (Lipinski definition) is 2. The minimum Gasteiger partial charge on any atom is -0.487 e. The summed E-state index contributed by atoms with van der Waals surface area (Å²) in [4.78, 5) is 22.5. The van der Waals surface area contributed by atoms with Crippen LogP contribution in [-0.2, 0) is 5.60 Å². The van der Waals surface area contributed by atoms with Crippen LogP contribution in [0, 0.1) is 0 Å². The lowest BCUT2D eigenvalue weighted by molar-refractivity contribution is 0.0785. The number of fused-ring (bicyclic) bond motifs is 1. The number of allylic oxidation sites excluding steroid dienone is 5. The lowest BCUT2D eigenvalue weighted by atomic mass is 9.88. The van der Waals surface area contributed by atoms with Gasteiger partial charge in [0.2, 0.25) is 0 Å². The number of rotatable bonds is 8. The third kappa shape index (κ3) is 7.36. The fraction of sp³-hybridized carbons (Fsp3) is 0.529. The Bertz CT molecular complexity index is 1330. The Labute approximate surface area is 255 Å². The first-order valence-corrected chi connectivity index (χ1v) is 15.7. The molecule has 0 aromatic heterocycles. The van der Waals surface area contributed by atoms with Gasteiger partial charge in [-0.1, -0.05) is 35.4 Å². The van der Waals surface area contributed by atoms with Crippen molar-refractivity contribution in [3.63, 3.8) is 0 Å². The molecular formula is C34H45ClN4O3. The van der Waals surface area contributed by atoms with Crippen LogP contribution >= 0.6 is 11.6 Å². The summed E-state index contributed by atoms with van der Waals surface area (Å²) in [5, 5.41) is 14.7. The average Bonchev–Trinajstić information content (AvgIpc) is 3.35. The van der Waals surface area contributed by atoms with Crippen LogP contribution in [-0.4, -0.2) is 72.0 Å². The zero-order chi connectivity index (χ0) is 29.9. The number of aliphatic imine (C=N–C) groups is 1. The van der Waals surface area contributed by atoms with E-state index < -0.39 is 5.60 Å². The van der Waals surface area contributed by atoms with E-state index in [1.54, 1.807) is 0 Å². The molecule has 1 aromatic carbocycles. The van der Waals surface area contributed by atoms with Crippen LogP contribution < -0.4 is 10.1 Å². The fourth-order valence-electron chi connectivity index (χ4n) is 6.17. The van der Waals surface area contributed by atoms with Crippen LogP contribution in [0.25, 0.3) is 5.57 Å². The summed E-state index contributed by atoms with van der Waals surface area (Å²) in [6.07, 6.45) is 13.8. The Morgan fingerprint density at radius 1 is 1.29 bits per heavy atom. The minimum absolute atomic E-state index is 0.00973. The zero-order valence-electron chi connectivity index (χ0n) is 25.5. The molecule has 1 saturated heterocycles. The highest BCUT2D eigenvalue weighted by atomic mass is 35.5. The van der Waals surface area contributed by atoms with Gasteiger partial charge in [-0.25, -0.2) is 4.79 Å². The summed E-state index contributed by atoms with van der Waals surface area (Å²) >= 11 is 6.19. The summed E-state index contributed by atoms with van der Waals surface area (Å²) < 4.78 is 6.19. The number of urea groups is 1. The van der Waals surface area contributed by atoms with E-state index in [0.717, 1.165) is 85.8 Å². The molecule has 0 unspecified atom stereocenters. The number of halogens is 1. The van der Waals surface area contributed by atoms with Gasteiger partial charge in [-0.2, -0.15) is 0 Å². The Hall–Kier alpha value is -2.87. The molecule has 1 fully saturated rings. The van der Waals surface area contributed by atoms with Crippen molar-refractivity contribution >= 4 is 29.4 Å². The second kappa shape index (κ2) is 13.2. The molecule has 5 rings (SSSR count). The Morgan fingerprint density at radius 3 is 2.86 bits per heavy atom. The van der Waals surface area contributed by atoms with Crippen LogP contribution in [0.4, 0.5) is 4.79 Å². The van der Waals surface area contributed by atoms with Crippen LogP contribution in [0.1, 0.15) is 77.3 Å². The maximum atomic E-state index is 13.3. The van der Waals surface area contributed by atoms with Gasteiger partial charge in [0.25, 0.3) is 0 Å². The van der Waals surface area contributed by atoms with Gasteiger partial charge >= 0.3 is 6.03 Å². The Morgan fingerprint density at radius 2 is 2.12 bits per heavy atom. The number of amides is 2. The Kier molecular flexibility index (Phi) is 9.60. The summed E-state index contributed by atoms with van der Waals surface area (Å²) in [5.74, 6) is 0.833. The smallest absolute Gasteiger partial charge is 0.318 e. The molecule has 1 atom stereocenters. The first kappa shape index (κ1) is 30.6. The molecule has 1 aliphatic carbocycles. The maximum absolute atomic E-state index is 13.3. The molecule has 0 bridgehead atoms. The van der Waals surface area contributed by atoms with E-state index >= 15 is 0 Å². The molecule has 4 aliphatic rings. The number of likely N-dealkylation sites (tertiary alicyclic amines) is 1. The molecular weight excluding hydrogens is 548 g/mol. The third-order valence-electron chi connectivity index (χ3n) is 8.50. The second-order valence-corrected chi connectivity index (χ2v) is 13.1. The second-order valence-electron chi connectivity index (χ2n) is 12.7. The minimum atomic E-state index is -0.942. The SMILES string of the molecule is CC(C)NC(=O)N(CC1=CC=C(Cl)CC1)[C@H]1CCN(CC/C=C2\C3=C(COc4ccc(C(C)(C)O)cc42)N=CCC3)C1. The normalized spacial score (nSPS) is 21.9. The molecule has 3 aliphatic heterocycles. The van der Waals surface area contributed by atoms with Gasteiger partial charge in [0.15, 0.2) is 0 Å². The van der Waals surface area contributed by atoms with Crippen LogP contribution in [0.5, 0.6) is 5.75 Å². The molecule has 7 nitrogen and oxygen atoms in total. The van der Waals surface area contributed by atoms with Crippen molar-refractivity contribution < 1.29 is 14.6 Å². The summed E-state index contributed by atoms with van der Waals surface area (Å²) in [5.41, 5.74) is 5.62. The summed E-state index contributed by atoms with van der Waals surface area (Å²) in [6.45, 7) is 11.5. The lowest BCUT2D eigenvalue weighted by Gasteiger charge is -2.31. The van der Waals surface area contributed by atoms with Crippen LogP contribution in [0.2, 0.25) is 0 Å². The van der Waals surface area contributed by atoms with Gasteiger partial charge in [0, 0.05) is 55.1 Å². The number of hydrogen-bond acceptors (Lipinski definition) is 5. The predicted molar refractivity (Wildman–Crippen MR) is 171 cm³/mol. The van der Waals surface area contributed by atoms with Crippen molar-refractivity contribution in [1.29, 1.82) is 0 Å². The van der Waals surface area contributed by atoms with Crippen molar-refractivity contribution in [3.8, 4) is 5.75 Å². The number of ether oxygens (including phenoxy) is 1. The molecule has 2 amide bonds. The highest BCUT2D eigenvalue weighted by Gasteiger charge is 2.32. The third-order valence-corrected chi connectivity index (χ3v) is 8.81. The van der Waals surface area contributed by atoms with Gasteiger partial charge in [-0.15, -0.1) is 0 Å². The molecule has 8 heteroatoms. The lowest BCUT2D eigenvalue weighted by Crippen LogP contribution is -2.49. The van der Waals surface area contributed by atoms with Crippen LogP contribution in [0.15, 0.2) is 63.3 Å². The summed E-state index contributed by atoms with van der Waals surface area (Å²) in [7, 11) is 0. The van der Waals surface area contributed by atoms with E-state index in [-0.39, 0.29) is 18.1 Å². The predicted octanol–water partition coefficient (Wildman–Crippen LogP) is 6.54. The fourth-order valence-corrected chi connectivity index (χ4v) is 6.33. The Balaban J connectivity index is 1.32. The summed E-state index contributed by atoms with van der Waals surface area (Å²) in [6, 6.07) is 6.27. The number of nitrogens with zero attached hydrogens (tertiary/aromatic N) is 3. The number of benzene rings is 1. The van der Waals surface area contributed by atoms with Crippen molar-refractivity contribution in [2.45, 2.75) is 83.9 Å². The number of aliphatic hydroxyl groups is 1. The van der Waals surface area contributed by atoms with E-state index in [9.17, 15) is 9.90 Å². The molecule has 3 heterocycles. The molecule has 2 N–H and O–H groups in total. The van der Waals surface area contributed by atoms with Gasteiger partial charge < -0.3 is 25.0 Å². The van der Waals surface area contributed by atoms with E-state index in [1.807, 2.05) is 57.0 Å². The van der Waals surface area contributed by atoms with Crippen molar-refractivity contribution in [2.24, 2.45) is 4.99 Å². The molecule has 0 radical (unpaired) electrons. The maximum Gasteiger partial charge on any atom is 0.318 e. The molecule has 0 saturated carbocycles. The van der Waals surface area contributed by atoms with E-state index in [2.05, 4.69) is 33.4 Å². The molecule has 42 heavy (non-hydrogen) atoms. The number of carbonyl (C=O) groups is 1. The highest BCUT2D eigenvalue weighted by molar-refractivity contribution is 6.29. The van der Waals surface area contributed by atoms with Gasteiger partial charge in [-0.3, -0.25) is 4.99 Å². The highest BCUT2D eigenvalue weighted by Crippen LogP contribution is 2.41. The average molecular weight is 593 g/mol. The van der Waals surface area contributed by atoms with Crippen molar-refractivity contribution in [3.05, 3.63) is 69.4 Å². The number of nitrogens with one attached hydrogen (secondary N) is 1. The first-order valence-electron chi connectivity index (χ1n) is 15.4.